The van der Waals surface area contributed by atoms with E-state index in [1.165, 1.54) is 0 Å². The third-order valence-electron chi connectivity index (χ3n) is 2.64. The predicted octanol–water partition coefficient (Wildman–Crippen LogP) is -0.0659. The lowest BCUT2D eigenvalue weighted by molar-refractivity contribution is -0.126. The van der Waals surface area contributed by atoms with Crippen molar-refractivity contribution in [3.05, 3.63) is 0 Å². The third kappa shape index (κ3) is 2.45. The second-order valence-electron chi connectivity index (χ2n) is 4.76. The van der Waals surface area contributed by atoms with Crippen LogP contribution in [0, 0.1) is 0 Å². The molecule has 4 heteroatoms. The van der Waals surface area contributed by atoms with Crippen LogP contribution in [0.25, 0.3) is 0 Å². The van der Waals surface area contributed by atoms with E-state index in [0.29, 0.717) is 6.54 Å². The molecule has 82 valence electrons. The van der Waals surface area contributed by atoms with E-state index in [0.717, 1.165) is 19.5 Å². The number of hydrogen-bond acceptors (Lipinski definition) is 3. The molecule has 0 aromatic heterocycles. The summed E-state index contributed by atoms with van der Waals surface area (Å²) in [5, 5.41) is 2.89. The standard InChI is InChI=1S/C10H21N3O/c1-10(2,3)13-6-4-5-12-9(14)8(13)7-11/h8H,4-7,11H2,1-3H3,(H,12,14). The molecule has 1 aliphatic rings. The van der Waals surface area contributed by atoms with Gasteiger partial charge >= 0.3 is 0 Å². The van der Waals surface area contributed by atoms with Crippen LogP contribution < -0.4 is 11.1 Å². The quantitative estimate of drug-likeness (QED) is 0.622. The summed E-state index contributed by atoms with van der Waals surface area (Å²) in [5.41, 5.74) is 5.65. The molecule has 0 bridgehead atoms. The number of hydrogen-bond donors (Lipinski definition) is 2. The summed E-state index contributed by atoms with van der Waals surface area (Å²) in [4.78, 5) is 13.9. The monoisotopic (exact) mass is 199 g/mol. The molecule has 4 nitrogen and oxygen atoms in total. The zero-order valence-corrected chi connectivity index (χ0v) is 9.34. The molecular formula is C10H21N3O. The summed E-state index contributed by atoms with van der Waals surface area (Å²) >= 11 is 0. The number of carbonyl (C=O) groups is 1. The second kappa shape index (κ2) is 4.28. The first-order chi connectivity index (χ1) is 6.46. The fraction of sp³-hybridized carbons (Fsp3) is 0.900. The second-order valence-corrected chi connectivity index (χ2v) is 4.76. The molecule has 0 aliphatic carbocycles. The van der Waals surface area contributed by atoms with Gasteiger partial charge in [-0.1, -0.05) is 0 Å². The van der Waals surface area contributed by atoms with Gasteiger partial charge in [0.25, 0.3) is 0 Å². The van der Waals surface area contributed by atoms with Gasteiger partial charge in [0.2, 0.25) is 5.91 Å². The van der Waals surface area contributed by atoms with Crippen molar-refractivity contribution in [1.29, 1.82) is 0 Å². The highest BCUT2D eigenvalue weighted by Crippen LogP contribution is 2.18. The van der Waals surface area contributed by atoms with E-state index >= 15 is 0 Å². The summed E-state index contributed by atoms with van der Waals surface area (Å²) in [5.74, 6) is 0.0694. The van der Waals surface area contributed by atoms with E-state index in [2.05, 4.69) is 31.0 Å². The van der Waals surface area contributed by atoms with Crippen LogP contribution in [-0.4, -0.2) is 42.0 Å². The minimum atomic E-state index is -0.169. The first-order valence-corrected chi connectivity index (χ1v) is 5.21. The Balaban J connectivity index is 2.83. The molecule has 1 aliphatic heterocycles. The molecule has 1 rings (SSSR count). The van der Waals surface area contributed by atoms with Crippen LogP contribution in [0.1, 0.15) is 27.2 Å². The van der Waals surface area contributed by atoms with Crippen LogP contribution in [0.3, 0.4) is 0 Å². The average molecular weight is 199 g/mol. The van der Waals surface area contributed by atoms with Gasteiger partial charge in [0.1, 0.15) is 6.04 Å². The van der Waals surface area contributed by atoms with Crippen molar-refractivity contribution in [2.24, 2.45) is 5.73 Å². The van der Waals surface area contributed by atoms with Crippen molar-refractivity contribution in [2.75, 3.05) is 19.6 Å². The first kappa shape index (κ1) is 11.5. The Kier molecular flexibility index (Phi) is 3.50. The number of nitrogens with one attached hydrogen (secondary N) is 1. The third-order valence-corrected chi connectivity index (χ3v) is 2.64. The van der Waals surface area contributed by atoms with Crippen molar-refractivity contribution in [3.8, 4) is 0 Å². The maximum atomic E-state index is 11.7. The van der Waals surface area contributed by atoms with E-state index in [1.807, 2.05) is 0 Å². The predicted molar refractivity (Wildman–Crippen MR) is 56.9 cm³/mol. The van der Waals surface area contributed by atoms with Gasteiger partial charge in [0.05, 0.1) is 0 Å². The van der Waals surface area contributed by atoms with Gasteiger partial charge in [-0.25, -0.2) is 0 Å². The Morgan fingerprint density at radius 1 is 1.57 bits per heavy atom. The highest BCUT2D eigenvalue weighted by Gasteiger charge is 2.33. The molecule has 1 unspecified atom stereocenters. The number of nitrogens with zero attached hydrogens (tertiary/aromatic N) is 1. The van der Waals surface area contributed by atoms with E-state index in [1.54, 1.807) is 0 Å². The lowest BCUT2D eigenvalue weighted by Gasteiger charge is -2.38. The Morgan fingerprint density at radius 2 is 2.21 bits per heavy atom. The molecule has 0 spiro atoms. The number of amides is 1. The van der Waals surface area contributed by atoms with E-state index < -0.39 is 0 Å². The van der Waals surface area contributed by atoms with Crippen molar-refractivity contribution in [3.63, 3.8) is 0 Å². The normalized spacial score (nSPS) is 25.7. The molecule has 0 saturated carbocycles. The highest BCUT2D eigenvalue weighted by atomic mass is 16.2. The summed E-state index contributed by atoms with van der Waals surface area (Å²) < 4.78 is 0. The molecule has 14 heavy (non-hydrogen) atoms. The molecule has 1 heterocycles. The van der Waals surface area contributed by atoms with Gasteiger partial charge in [-0.05, 0) is 27.2 Å². The minimum Gasteiger partial charge on any atom is -0.355 e. The van der Waals surface area contributed by atoms with Crippen LogP contribution in [0.2, 0.25) is 0 Å². The van der Waals surface area contributed by atoms with Crippen LogP contribution >= 0.6 is 0 Å². The molecule has 0 aromatic rings. The zero-order valence-electron chi connectivity index (χ0n) is 9.34. The van der Waals surface area contributed by atoms with Gasteiger partial charge in [0, 0.05) is 25.2 Å². The van der Waals surface area contributed by atoms with E-state index in [-0.39, 0.29) is 17.5 Å². The van der Waals surface area contributed by atoms with Gasteiger partial charge in [-0.2, -0.15) is 0 Å². The summed E-state index contributed by atoms with van der Waals surface area (Å²) in [7, 11) is 0. The molecule has 0 aromatic carbocycles. The largest absolute Gasteiger partial charge is 0.355 e. The van der Waals surface area contributed by atoms with Gasteiger partial charge in [-0.3, -0.25) is 9.69 Å². The van der Waals surface area contributed by atoms with E-state index in [4.69, 9.17) is 5.73 Å². The Hall–Kier alpha value is -0.610. The van der Waals surface area contributed by atoms with Crippen molar-refractivity contribution in [2.45, 2.75) is 38.8 Å². The number of carbonyl (C=O) groups excluding carboxylic acids is 1. The minimum absolute atomic E-state index is 0.00567. The summed E-state index contributed by atoms with van der Waals surface area (Å²) in [6.45, 7) is 8.45. The fourth-order valence-corrected chi connectivity index (χ4v) is 1.91. The Morgan fingerprint density at radius 3 is 2.71 bits per heavy atom. The zero-order chi connectivity index (χ0) is 10.8. The topological polar surface area (TPSA) is 58.4 Å². The summed E-state index contributed by atoms with van der Waals surface area (Å²) in [6, 6.07) is -0.169. The van der Waals surface area contributed by atoms with Crippen LogP contribution in [0.5, 0.6) is 0 Å². The number of rotatable bonds is 1. The average Bonchev–Trinajstić information content (AvgIpc) is 2.25. The first-order valence-electron chi connectivity index (χ1n) is 5.21. The molecular weight excluding hydrogens is 178 g/mol. The van der Waals surface area contributed by atoms with Crippen LogP contribution in [0.4, 0.5) is 0 Å². The molecule has 1 saturated heterocycles. The molecule has 0 radical (unpaired) electrons. The lowest BCUT2D eigenvalue weighted by Crippen LogP contribution is -2.55. The lowest BCUT2D eigenvalue weighted by atomic mass is 10.0. The van der Waals surface area contributed by atoms with Gasteiger partial charge in [0.15, 0.2) is 0 Å². The van der Waals surface area contributed by atoms with Gasteiger partial charge in [-0.15, -0.1) is 0 Å². The maximum absolute atomic E-state index is 11.7. The fourth-order valence-electron chi connectivity index (χ4n) is 1.91. The van der Waals surface area contributed by atoms with Gasteiger partial charge < -0.3 is 11.1 Å². The Bertz CT molecular complexity index is 210. The van der Waals surface area contributed by atoms with Crippen molar-refractivity contribution in [1.82, 2.24) is 10.2 Å². The summed E-state index contributed by atoms with van der Waals surface area (Å²) in [6.07, 6.45) is 1.000. The van der Waals surface area contributed by atoms with Crippen LogP contribution in [-0.2, 0) is 4.79 Å². The Labute approximate surface area is 85.8 Å². The molecule has 1 fully saturated rings. The van der Waals surface area contributed by atoms with Crippen molar-refractivity contribution >= 4 is 5.91 Å². The maximum Gasteiger partial charge on any atom is 0.238 e. The molecule has 1 amide bonds. The molecule has 3 N–H and O–H groups in total. The van der Waals surface area contributed by atoms with Crippen molar-refractivity contribution < 1.29 is 4.79 Å². The highest BCUT2D eigenvalue weighted by molar-refractivity contribution is 5.82. The number of nitrogens with two attached hydrogens (primary N) is 1. The van der Waals surface area contributed by atoms with E-state index in [9.17, 15) is 4.79 Å². The molecule has 1 atom stereocenters. The SMILES string of the molecule is CC(C)(C)N1CCCNC(=O)C1CN. The smallest absolute Gasteiger partial charge is 0.238 e. The van der Waals surface area contributed by atoms with Crippen LogP contribution in [0.15, 0.2) is 0 Å².